The molecule has 0 radical (unpaired) electrons. The van der Waals surface area contributed by atoms with Crippen molar-refractivity contribution < 1.29 is 4.79 Å². The van der Waals surface area contributed by atoms with Crippen molar-refractivity contribution in [3.8, 4) is 0 Å². The maximum absolute atomic E-state index is 11.8. The molecule has 0 aliphatic heterocycles. The summed E-state index contributed by atoms with van der Waals surface area (Å²) >= 11 is 0. The van der Waals surface area contributed by atoms with E-state index in [4.69, 9.17) is 0 Å². The van der Waals surface area contributed by atoms with Gasteiger partial charge < -0.3 is 0 Å². The smallest absolute Gasteiger partial charge is 0.242 e. The molecule has 0 aromatic carbocycles. The molecule has 1 amide bonds. The molecule has 0 unspecified atom stereocenters. The van der Waals surface area contributed by atoms with Gasteiger partial charge in [-0.05, 0) is 62.2 Å². The van der Waals surface area contributed by atoms with E-state index in [1.165, 1.54) is 37.8 Å². The molecule has 1 atom stereocenters. The van der Waals surface area contributed by atoms with E-state index in [0.29, 0.717) is 11.8 Å². The summed E-state index contributed by atoms with van der Waals surface area (Å²) < 4.78 is 0. The van der Waals surface area contributed by atoms with Gasteiger partial charge in [0.1, 0.15) is 0 Å². The lowest BCUT2D eigenvalue weighted by molar-refractivity contribution is -0.124. The van der Waals surface area contributed by atoms with Crippen molar-refractivity contribution in [1.29, 1.82) is 0 Å². The number of nitrogens with zero attached hydrogens (tertiary/aromatic N) is 1. The zero-order valence-electron chi connectivity index (χ0n) is 11.5. The number of hydrogen-bond acceptors (Lipinski definition) is 2. The summed E-state index contributed by atoms with van der Waals surface area (Å²) in [7, 11) is 0. The van der Waals surface area contributed by atoms with Crippen molar-refractivity contribution in [2.45, 2.75) is 52.4 Å². The molecule has 3 heteroatoms. The van der Waals surface area contributed by atoms with Crippen LogP contribution in [0.4, 0.5) is 0 Å². The van der Waals surface area contributed by atoms with E-state index < -0.39 is 0 Å². The highest BCUT2D eigenvalue weighted by molar-refractivity contribution is 5.92. The van der Waals surface area contributed by atoms with Crippen LogP contribution < -0.4 is 5.43 Å². The predicted octanol–water partition coefficient (Wildman–Crippen LogP) is 2.96. The van der Waals surface area contributed by atoms with Gasteiger partial charge >= 0.3 is 0 Å². The zero-order chi connectivity index (χ0) is 12.7. The van der Waals surface area contributed by atoms with Gasteiger partial charge in [0, 0.05) is 11.6 Å². The van der Waals surface area contributed by atoms with Crippen LogP contribution in [0.3, 0.4) is 0 Å². The van der Waals surface area contributed by atoms with Gasteiger partial charge in [0.25, 0.3) is 0 Å². The number of rotatable bonds is 3. The molecule has 18 heavy (non-hydrogen) atoms. The summed E-state index contributed by atoms with van der Waals surface area (Å²) in [5.74, 6) is 3.43. The standard InChI is InChI=1S/C15H24N2O/c1-3-9(2)15(18)17-16-14-12-5-10-4-11(7-12)8-13(14)6-10/h9-13H,3-8H2,1-2H3,(H,17,18)/t9-,10?,11?,12?,13?/m1/s1. The number of carbonyl (C=O) groups is 1. The third kappa shape index (κ3) is 2.08. The highest BCUT2D eigenvalue weighted by Crippen LogP contribution is 2.52. The van der Waals surface area contributed by atoms with Crippen LogP contribution in [-0.4, -0.2) is 11.6 Å². The average molecular weight is 248 g/mol. The monoisotopic (exact) mass is 248 g/mol. The van der Waals surface area contributed by atoms with Crippen LogP contribution in [0.5, 0.6) is 0 Å². The van der Waals surface area contributed by atoms with Crippen molar-refractivity contribution in [2.24, 2.45) is 34.7 Å². The lowest BCUT2D eigenvalue weighted by atomic mass is 9.55. The van der Waals surface area contributed by atoms with E-state index >= 15 is 0 Å². The average Bonchev–Trinajstić information content (AvgIpc) is 2.35. The van der Waals surface area contributed by atoms with Gasteiger partial charge in [-0.15, -0.1) is 0 Å². The Labute approximate surface area is 109 Å². The first-order valence-corrected chi connectivity index (χ1v) is 7.54. The zero-order valence-corrected chi connectivity index (χ0v) is 11.5. The van der Waals surface area contributed by atoms with E-state index in [-0.39, 0.29) is 11.8 Å². The number of hydrogen-bond donors (Lipinski definition) is 1. The van der Waals surface area contributed by atoms with Crippen LogP contribution in [0.1, 0.15) is 52.4 Å². The maximum Gasteiger partial charge on any atom is 0.242 e. The molecule has 0 aromatic rings. The first-order chi connectivity index (χ1) is 8.67. The van der Waals surface area contributed by atoms with Crippen LogP contribution in [0.25, 0.3) is 0 Å². The second kappa shape index (κ2) is 4.67. The molecule has 4 fully saturated rings. The van der Waals surface area contributed by atoms with E-state index in [0.717, 1.165) is 18.3 Å². The Morgan fingerprint density at radius 3 is 2.28 bits per heavy atom. The van der Waals surface area contributed by atoms with Crippen LogP contribution in [-0.2, 0) is 4.79 Å². The molecule has 1 N–H and O–H groups in total. The summed E-state index contributed by atoms with van der Waals surface area (Å²) in [5.41, 5.74) is 4.13. The van der Waals surface area contributed by atoms with Crippen LogP contribution in [0.15, 0.2) is 5.10 Å². The fraction of sp³-hybridized carbons (Fsp3) is 0.867. The second-order valence-electron chi connectivity index (χ2n) is 6.63. The van der Waals surface area contributed by atoms with Gasteiger partial charge in [0.15, 0.2) is 0 Å². The molecule has 100 valence electrons. The minimum absolute atomic E-state index is 0.0752. The minimum Gasteiger partial charge on any atom is -0.273 e. The predicted molar refractivity (Wildman–Crippen MR) is 72.1 cm³/mol. The van der Waals surface area contributed by atoms with Gasteiger partial charge in [-0.2, -0.15) is 5.10 Å². The molecule has 4 rings (SSSR count). The summed E-state index contributed by atoms with van der Waals surface area (Å²) in [5, 5.41) is 4.51. The molecule has 4 aliphatic rings. The van der Waals surface area contributed by atoms with Gasteiger partial charge in [0.05, 0.1) is 0 Å². The van der Waals surface area contributed by atoms with E-state index in [1.54, 1.807) is 0 Å². The molecule has 4 saturated carbocycles. The Morgan fingerprint density at radius 1 is 1.22 bits per heavy atom. The van der Waals surface area contributed by atoms with Gasteiger partial charge in [-0.1, -0.05) is 13.8 Å². The lowest BCUT2D eigenvalue weighted by Crippen LogP contribution is -2.46. The first-order valence-electron chi connectivity index (χ1n) is 7.54. The summed E-state index contributed by atoms with van der Waals surface area (Å²) in [6.07, 6.45) is 7.64. The maximum atomic E-state index is 11.8. The first kappa shape index (κ1) is 12.2. The fourth-order valence-electron chi connectivity index (χ4n) is 4.26. The topological polar surface area (TPSA) is 41.5 Å². The Kier molecular flexibility index (Phi) is 3.16. The number of nitrogens with one attached hydrogen (secondary N) is 1. The Bertz CT molecular complexity index is 345. The van der Waals surface area contributed by atoms with Crippen molar-refractivity contribution >= 4 is 11.6 Å². The van der Waals surface area contributed by atoms with Crippen molar-refractivity contribution in [2.75, 3.05) is 0 Å². The van der Waals surface area contributed by atoms with Gasteiger partial charge in [-0.3, -0.25) is 4.79 Å². The molecule has 0 heterocycles. The molecule has 0 aromatic heterocycles. The van der Waals surface area contributed by atoms with Crippen molar-refractivity contribution in [3.63, 3.8) is 0 Å². The Morgan fingerprint density at radius 2 is 1.78 bits per heavy atom. The van der Waals surface area contributed by atoms with Crippen LogP contribution in [0.2, 0.25) is 0 Å². The largest absolute Gasteiger partial charge is 0.273 e. The number of hydrazone groups is 1. The van der Waals surface area contributed by atoms with E-state index in [1.807, 2.05) is 13.8 Å². The van der Waals surface area contributed by atoms with Crippen molar-refractivity contribution in [3.05, 3.63) is 0 Å². The quantitative estimate of drug-likeness (QED) is 0.766. The Balaban J connectivity index is 1.67. The van der Waals surface area contributed by atoms with E-state index in [2.05, 4.69) is 10.5 Å². The molecule has 4 bridgehead atoms. The highest BCUT2D eigenvalue weighted by Gasteiger charge is 2.46. The summed E-state index contributed by atoms with van der Waals surface area (Å²) in [6.45, 7) is 4.01. The van der Waals surface area contributed by atoms with Crippen molar-refractivity contribution in [1.82, 2.24) is 5.43 Å². The minimum atomic E-state index is 0.0752. The third-order valence-electron chi connectivity index (χ3n) is 5.33. The number of carbonyl (C=O) groups excluding carboxylic acids is 1. The van der Waals surface area contributed by atoms with E-state index in [9.17, 15) is 4.79 Å². The van der Waals surface area contributed by atoms with Gasteiger partial charge in [0.2, 0.25) is 5.91 Å². The van der Waals surface area contributed by atoms with Crippen LogP contribution in [0, 0.1) is 29.6 Å². The third-order valence-corrected chi connectivity index (χ3v) is 5.33. The molecular weight excluding hydrogens is 224 g/mol. The molecule has 4 aliphatic carbocycles. The molecule has 3 nitrogen and oxygen atoms in total. The molecular formula is C15H24N2O. The fourth-order valence-corrected chi connectivity index (χ4v) is 4.26. The lowest BCUT2D eigenvalue weighted by Gasteiger charge is -2.50. The normalized spacial score (nSPS) is 38.7. The SMILES string of the molecule is CC[C@@H](C)C(=O)NN=C1C2CC3CC(C2)CC1C3. The highest BCUT2D eigenvalue weighted by atomic mass is 16.2. The summed E-state index contributed by atoms with van der Waals surface area (Å²) in [6, 6.07) is 0. The Hall–Kier alpha value is -0.860. The number of amides is 1. The van der Waals surface area contributed by atoms with Gasteiger partial charge in [-0.25, -0.2) is 5.43 Å². The summed E-state index contributed by atoms with van der Waals surface area (Å²) in [4.78, 5) is 11.8. The molecule has 0 spiro atoms. The second-order valence-corrected chi connectivity index (χ2v) is 6.63. The molecule has 0 saturated heterocycles. The van der Waals surface area contributed by atoms with Crippen LogP contribution >= 0.6 is 0 Å².